The first-order chi connectivity index (χ1) is 19.9. The van der Waals surface area contributed by atoms with Crippen LogP contribution in [-0.2, 0) is 0 Å². The van der Waals surface area contributed by atoms with Gasteiger partial charge < -0.3 is 19.9 Å². The summed E-state index contributed by atoms with van der Waals surface area (Å²) >= 11 is 0. The van der Waals surface area contributed by atoms with Crippen LogP contribution in [0.15, 0.2) is 59.2 Å². The first-order valence-electron chi connectivity index (χ1n) is 15.4. The molecule has 0 bridgehead atoms. The second-order valence-corrected chi connectivity index (χ2v) is 12.5. The highest BCUT2D eigenvalue weighted by atomic mass is 16.3. The molecular weight excluding hydrogens is 514 g/mol. The molecule has 3 fully saturated rings. The van der Waals surface area contributed by atoms with Crippen molar-refractivity contribution in [1.29, 1.82) is 0 Å². The van der Waals surface area contributed by atoms with Crippen molar-refractivity contribution in [3.63, 3.8) is 0 Å². The molecule has 6 heteroatoms. The Hall–Kier alpha value is -3.22. The Balaban J connectivity index is 1.22. The number of ketones is 1. The molecule has 0 aliphatic heterocycles. The highest BCUT2D eigenvalue weighted by molar-refractivity contribution is 6.05. The van der Waals surface area contributed by atoms with Gasteiger partial charge in [0.15, 0.2) is 5.78 Å². The Morgan fingerprint density at radius 2 is 1.54 bits per heavy atom. The van der Waals surface area contributed by atoms with E-state index in [2.05, 4.69) is 36.5 Å². The summed E-state index contributed by atoms with van der Waals surface area (Å²) in [6.07, 6.45) is 8.53. The second-order valence-electron chi connectivity index (χ2n) is 12.5. The molecule has 0 saturated heterocycles. The number of anilines is 1. The van der Waals surface area contributed by atoms with E-state index in [1.807, 2.05) is 24.3 Å². The smallest absolute Gasteiger partial charge is 0.258 e. The first kappa shape index (κ1) is 27.9. The zero-order chi connectivity index (χ0) is 28.5. The van der Waals surface area contributed by atoms with E-state index >= 15 is 0 Å². The summed E-state index contributed by atoms with van der Waals surface area (Å²) in [5.74, 6) is 1.55. The van der Waals surface area contributed by atoms with Gasteiger partial charge in [-0.25, -0.2) is 0 Å². The number of aliphatic hydroxyl groups is 2. The number of hydrogen-bond donors (Lipinski definition) is 3. The summed E-state index contributed by atoms with van der Waals surface area (Å²) in [6, 6.07) is 16.2. The van der Waals surface area contributed by atoms with E-state index in [4.69, 9.17) is 4.42 Å². The van der Waals surface area contributed by atoms with Gasteiger partial charge in [-0.3, -0.25) is 9.59 Å². The molecular formula is C35H41NO5. The molecule has 3 atom stereocenters. The second kappa shape index (κ2) is 11.9. The fraction of sp³-hybridized carbons (Fsp3) is 0.486. The lowest BCUT2D eigenvalue weighted by Crippen LogP contribution is -2.38. The summed E-state index contributed by atoms with van der Waals surface area (Å²) in [5.41, 5.74) is 5.54. The van der Waals surface area contributed by atoms with Crippen LogP contribution in [0.25, 0.3) is 0 Å². The molecule has 0 radical (unpaired) electrons. The average Bonchev–Trinajstić information content (AvgIpc) is 3.71. The van der Waals surface area contributed by atoms with Crippen LogP contribution < -0.4 is 5.32 Å². The first-order valence-corrected chi connectivity index (χ1v) is 15.4. The largest absolute Gasteiger partial charge is 0.468 e. The SMILES string of the molecule is Cc1ccccc1C1CCC(c2ccc(C(=O)C[C@@H]3CCCC(O)[C@H]3O)cc2NC(=O)c2coc(C3CC3)c2)CC1. The number of Topliss-reactive ketones (excluding diaryl/α,β-unsaturated/α-hetero) is 1. The van der Waals surface area contributed by atoms with Gasteiger partial charge in [-0.2, -0.15) is 0 Å². The topological polar surface area (TPSA) is 99.8 Å². The molecule has 3 N–H and O–H groups in total. The van der Waals surface area contributed by atoms with Crippen molar-refractivity contribution < 1.29 is 24.2 Å². The molecule has 1 heterocycles. The number of furan rings is 1. The van der Waals surface area contributed by atoms with Crippen LogP contribution in [0.1, 0.15) is 125 Å². The Kier molecular flexibility index (Phi) is 8.14. The van der Waals surface area contributed by atoms with E-state index in [9.17, 15) is 19.8 Å². The molecule has 6 rings (SSSR count). The van der Waals surface area contributed by atoms with Crippen molar-refractivity contribution in [3.05, 3.63) is 88.4 Å². The van der Waals surface area contributed by atoms with Crippen molar-refractivity contribution in [2.75, 3.05) is 5.32 Å². The molecule has 2 aromatic carbocycles. The number of benzene rings is 2. The van der Waals surface area contributed by atoms with E-state index in [1.54, 1.807) is 0 Å². The summed E-state index contributed by atoms with van der Waals surface area (Å²) in [5, 5.41) is 23.7. The lowest BCUT2D eigenvalue weighted by atomic mass is 9.74. The Bertz CT molecular complexity index is 1400. The van der Waals surface area contributed by atoms with Gasteiger partial charge in [0.25, 0.3) is 5.91 Å². The van der Waals surface area contributed by atoms with Gasteiger partial charge in [-0.1, -0.05) is 42.8 Å². The maximum absolute atomic E-state index is 13.4. The van der Waals surface area contributed by atoms with Crippen molar-refractivity contribution in [2.24, 2.45) is 5.92 Å². The lowest BCUT2D eigenvalue weighted by molar-refractivity contribution is -0.0445. The van der Waals surface area contributed by atoms with E-state index < -0.39 is 12.2 Å². The predicted octanol–water partition coefficient (Wildman–Crippen LogP) is 7.25. The van der Waals surface area contributed by atoms with Crippen LogP contribution in [0.5, 0.6) is 0 Å². The average molecular weight is 556 g/mol. The van der Waals surface area contributed by atoms with E-state index in [1.165, 1.54) is 17.4 Å². The van der Waals surface area contributed by atoms with Crippen LogP contribution in [0.2, 0.25) is 0 Å². The lowest BCUT2D eigenvalue weighted by Gasteiger charge is -2.32. The van der Waals surface area contributed by atoms with Crippen LogP contribution in [0.4, 0.5) is 5.69 Å². The maximum atomic E-state index is 13.4. The minimum absolute atomic E-state index is 0.0761. The number of rotatable bonds is 8. The number of aryl methyl sites for hydroxylation is 1. The third-order valence-corrected chi connectivity index (χ3v) is 9.68. The quantitative estimate of drug-likeness (QED) is 0.254. The van der Waals surface area contributed by atoms with E-state index in [0.717, 1.165) is 62.7 Å². The van der Waals surface area contributed by atoms with Gasteiger partial charge in [0, 0.05) is 23.6 Å². The molecule has 6 nitrogen and oxygen atoms in total. The fourth-order valence-electron chi connectivity index (χ4n) is 7.03. The van der Waals surface area contributed by atoms with Crippen molar-refractivity contribution in [3.8, 4) is 0 Å². The van der Waals surface area contributed by atoms with Crippen LogP contribution >= 0.6 is 0 Å². The number of hydrogen-bond acceptors (Lipinski definition) is 5. The normalized spacial score (nSPS) is 26.5. The molecule has 216 valence electrons. The molecule has 1 amide bonds. The third-order valence-electron chi connectivity index (χ3n) is 9.68. The van der Waals surface area contributed by atoms with E-state index in [-0.39, 0.29) is 29.9 Å². The summed E-state index contributed by atoms with van der Waals surface area (Å²) in [7, 11) is 0. The van der Waals surface area contributed by atoms with Crippen LogP contribution in [0, 0.1) is 12.8 Å². The highest BCUT2D eigenvalue weighted by Gasteiger charge is 2.33. The Morgan fingerprint density at radius 1 is 0.829 bits per heavy atom. The van der Waals surface area contributed by atoms with Gasteiger partial charge in [-0.15, -0.1) is 0 Å². The molecule has 1 unspecified atom stereocenters. The van der Waals surface area contributed by atoms with Crippen molar-refractivity contribution in [1.82, 2.24) is 0 Å². The predicted molar refractivity (Wildman–Crippen MR) is 159 cm³/mol. The molecule has 41 heavy (non-hydrogen) atoms. The Morgan fingerprint density at radius 3 is 2.27 bits per heavy atom. The number of carbonyl (C=O) groups excluding carboxylic acids is 2. The maximum Gasteiger partial charge on any atom is 0.258 e. The number of amides is 1. The van der Waals surface area contributed by atoms with Gasteiger partial charge in [-0.05, 0) is 105 Å². The zero-order valence-electron chi connectivity index (χ0n) is 23.9. The standard InChI is InChI=1S/C35H41NO5/c1-21-5-2-3-7-28(21)22-9-11-23(12-10-22)29-16-15-25(32(38)18-26-6-4-8-31(37)34(26)39)17-30(29)36-35(40)27-19-33(41-20-27)24-13-14-24/h2-3,5,7,15-17,19-20,22-24,26,31,34,37,39H,4,6,8-14,18H2,1H3,(H,36,40)/t22?,23?,26-,31?,34-/m0/s1. The summed E-state index contributed by atoms with van der Waals surface area (Å²) in [6.45, 7) is 2.18. The Labute approximate surface area is 242 Å². The van der Waals surface area contributed by atoms with Crippen LogP contribution in [0.3, 0.4) is 0 Å². The van der Waals surface area contributed by atoms with Gasteiger partial charge >= 0.3 is 0 Å². The zero-order valence-corrected chi connectivity index (χ0v) is 23.9. The number of aliphatic hydroxyl groups excluding tert-OH is 2. The van der Waals surface area contributed by atoms with E-state index in [0.29, 0.717) is 35.1 Å². The molecule has 3 aliphatic carbocycles. The molecule has 1 aromatic heterocycles. The summed E-state index contributed by atoms with van der Waals surface area (Å²) in [4.78, 5) is 26.7. The minimum atomic E-state index is -0.878. The number of nitrogens with one attached hydrogen (secondary N) is 1. The van der Waals surface area contributed by atoms with Crippen molar-refractivity contribution in [2.45, 2.75) is 101 Å². The minimum Gasteiger partial charge on any atom is -0.468 e. The fourth-order valence-corrected chi connectivity index (χ4v) is 7.03. The van der Waals surface area contributed by atoms with Gasteiger partial charge in [0.05, 0.1) is 17.8 Å². The summed E-state index contributed by atoms with van der Waals surface area (Å²) < 4.78 is 5.66. The van der Waals surface area contributed by atoms with Crippen LogP contribution in [-0.4, -0.2) is 34.1 Å². The van der Waals surface area contributed by atoms with Gasteiger partial charge in [0.2, 0.25) is 0 Å². The number of carbonyl (C=O) groups is 2. The molecule has 0 spiro atoms. The monoisotopic (exact) mass is 555 g/mol. The molecule has 3 aliphatic rings. The molecule has 3 aromatic rings. The third kappa shape index (κ3) is 6.19. The molecule has 3 saturated carbocycles. The van der Waals surface area contributed by atoms with Crippen molar-refractivity contribution >= 4 is 17.4 Å². The van der Waals surface area contributed by atoms with Gasteiger partial charge in [0.1, 0.15) is 12.0 Å². The highest BCUT2D eigenvalue weighted by Crippen LogP contribution is 2.44.